The second-order valence-electron chi connectivity index (χ2n) is 4.87. The average molecular weight is 410 g/mol. The van der Waals surface area contributed by atoms with Crippen molar-refractivity contribution in [3.8, 4) is 5.75 Å². The van der Waals surface area contributed by atoms with Gasteiger partial charge in [0, 0.05) is 11.4 Å². The highest BCUT2D eigenvalue weighted by Crippen LogP contribution is 2.36. The van der Waals surface area contributed by atoms with Gasteiger partial charge in [0.05, 0.1) is 10.6 Å². The molecular formula is C14H11ClF3N3O4S. The number of carbonyl (C=O) groups excluding carboxylic acids is 1. The van der Waals surface area contributed by atoms with Crippen LogP contribution in [0.1, 0.15) is 5.56 Å². The second kappa shape index (κ2) is 7.40. The summed E-state index contributed by atoms with van der Waals surface area (Å²) < 4.78 is 64.3. The summed E-state index contributed by atoms with van der Waals surface area (Å²) in [7, 11) is -4.18. The van der Waals surface area contributed by atoms with Gasteiger partial charge in [-0.2, -0.15) is 26.7 Å². The molecule has 4 N–H and O–H groups in total. The van der Waals surface area contributed by atoms with E-state index in [9.17, 15) is 26.4 Å². The Balaban J connectivity index is 2.05. The predicted molar refractivity (Wildman–Crippen MR) is 89.3 cm³/mol. The molecule has 0 aliphatic rings. The third-order valence-electron chi connectivity index (χ3n) is 2.85. The fourth-order valence-electron chi connectivity index (χ4n) is 1.84. The fraction of sp³-hybridized carbons (Fsp3) is 0.0714. The maximum absolute atomic E-state index is 12.8. The van der Waals surface area contributed by atoms with Crippen molar-refractivity contribution in [1.29, 1.82) is 0 Å². The smallest absolute Gasteiger partial charge is 0.371 e. The summed E-state index contributed by atoms with van der Waals surface area (Å²) in [5.74, 6) is -0.0778. The third kappa shape index (κ3) is 5.79. The summed E-state index contributed by atoms with van der Waals surface area (Å²) in [6.45, 7) is 0. The number of nitrogens with one attached hydrogen (secondary N) is 2. The minimum atomic E-state index is -4.66. The van der Waals surface area contributed by atoms with Crippen LogP contribution in [0.15, 0.2) is 42.5 Å². The largest absolute Gasteiger partial charge is 0.417 e. The fourth-order valence-corrected chi connectivity index (χ4v) is 2.45. The Kier molecular flexibility index (Phi) is 5.64. The highest BCUT2D eigenvalue weighted by molar-refractivity contribution is 7.84. The number of hydrogen-bond acceptors (Lipinski definition) is 4. The van der Waals surface area contributed by atoms with Crippen molar-refractivity contribution in [2.24, 2.45) is 5.14 Å². The van der Waals surface area contributed by atoms with Crippen LogP contribution < -0.4 is 20.0 Å². The average Bonchev–Trinajstić information content (AvgIpc) is 2.48. The summed E-state index contributed by atoms with van der Waals surface area (Å²) >= 11 is 5.50. The molecule has 0 aliphatic carbocycles. The van der Waals surface area contributed by atoms with E-state index in [0.29, 0.717) is 6.07 Å². The van der Waals surface area contributed by atoms with Crippen molar-refractivity contribution in [2.75, 3.05) is 10.6 Å². The van der Waals surface area contributed by atoms with Crippen molar-refractivity contribution in [3.63, 3.8) is 0 Å². The molecule has 0 unspecified atom stereocenters. The van der Waals surface area contributed by atoms with Crippen LogP contribution in [0.4, 0.5) is 29.3 Å². The van der Waals surface area contributed by atoms with E-state index >= 15 is 0 Å². The van der Waals surface area contributed by atoms with Gasteiger partial charge in [0.2, 0.25) is 0 Å². The summed E-state index contributed by atoms with van der Waals surface area (Å²) in [5, 5.41) is 8.79. The number of benzene rings is 2. The number of hydrogen-bond donors (Lipinski definition) is 3. The van der Waals surface area contributed by atoms with Crippen LogP contribution in [0.2, 0.25) is 5.02 Å². The van der Waals surface area contributed by atoms with Crippen LogP contribution in [-0.4, -0.2) is 14.4 Å². The van der Waals surface area contributed by atoms with Crippen molar-refractivity contribution < 1.29 is 30.6 Å². The van der Waals surface area contributed by atoms with E-state index in [1.165, 1.54) is 30.3 Å². The number of rotatable bonds is 4. The van der Waals surface area contributed by atoms with Gasteiger partial charge in [0.1, 0.15) is 5.75 Å². The Morgan fingerprint density at radius 1 is 1.04 bits per heavy atom. The second-order valence-corrected chi connectivity index (χ2v) is 6.43. The van der Waals surface area contributed by atoms with E-state index in [1.54, 1.807) is 0 Å². The molecule has 0 atom stereocenters. The topological polar surface area (TPSA) is 111 Å². The lowest BCUT2D eigenvalue weighted by Gasteiger charge is -2.12. The molecule has 0 saturated heterocycles. The monoisotopic (exact) mass is 409 g/mol. The molecule has 0 aliphatic heterocycles. The van der Waals surface area contributed by atoms with Gasteiger partial charge in [0.25, 0.3) is 0 Å². The quantitative estimate of drug-likeness (QED) is 0.716. The van der Waals surface area contributed by atoms with E-state index in [1.807, 2.05) is 0 Å². The Labute approximate surface area is 151 Å². The van der Waals surface area contributed by atoms with E-state index in [-0.39, 0.29) is 17.1 Å². The number of alkyl halides is 3. The first-order chi connectivity index (χ1) is 11.9. The van der Waals surface area contributed by atoms with E-state index in [2.05, 4.69) is 14.8 Å². The van der Waals surface area contributed by atoms with E-state index < -0.39 is 33.1 Å². The Morgan fingerprint density at radius 2 is 1.58 bits per heavy atom. The Hall–Kier alpha value is -2.50. The molecule has 140 valence electrons. The van der Waals surface area contributed by atoms with Crippen molar-refractivity contribution in [1.82, 2.24) is 0 Å². The highest BCUT2D eigenvalue weighted by atomic mass is 35.5. The standard InChI is InChI=1S/C14H11ClF3N3O4S/c15-12-6-3-9(7-11(12)14(16,17)18)21-13(22)20-8-1-4-10(5-2-8)25-26(19,23)24/h1-7H,(H2,19,23,24)(H2,20,21,22). The lowest BCUT2D eigenvalue weighted by atomic mass is 10.2. The van der Waals surface area contributed by atoms with Crippen LogP contribution in [-0.2, 0) is 16.5 Å². The van der Waals surface area contributed by atoms with Gasteiger partial charge in [-0.05, 0) is 42.5 Å². The predicted octanol–water partition coefficient (Wildman–Crippen LogP) is 3.59. The SMILES string of the molecule is NS(=O)(=O)Oc1ccc(NC(=O)Nc2ccc(Cl)c(C(F)(F)F)c2)cc1. The van der Waals surface area contributed by atoms with Crippen molar-refractivity contribution >= 4 is 39.3 Å². The lowest BCUT2D eigenvalue weighted by Crippen LogP contribution is -2.20. The van der Waals surface area contributed by atoms with Crippen molar-refractivity contribution in [3.05, 3.63) is 53.1 Å². The summed E-state index contributed by atoms with van der Waals surface area (Å²) in [4.78, 5) is 11.9. The molecule has 0 spiro atoms. The number of amides is 2. The van der Waals surface area contributed by atoms with Crippen LogP contribution >= 0.6 is 11.6 Å². The maximum atomic E-state index is 12.8. The number of nitrogens with two attached hydrogens (primary N) is 1. The molecule has 2 rings (SSSR count). The van der Waals surface area contributed by atoms with Gasteiger partial charge in [-0.15, -0.1) is 0 Å². The first-order valence-electron chi connectivity index (χ1n) is 6.71. The molecule has 26 heavy (non-hydrogen) atoms. The molecule has 12 heteroatoms. The van der Waals surface area contributed by atoms with Gasteiger partial charge in [-0.3, -0.25) is 0 Å². The number of urea groups is 1. The zero-order chi connectivity index (χ0) is 19.5. The number of anilines is 2. The highest BCUT2D eigenvalue weighted by Gasteiger charge is 2.33. The first kappa shape index (κ1) is 19.8. The molecule has 7 nitrogen and oxygen atoms in total. The third-order valence-corrected chi connectivity index (χ3v) is 3.61. The molecule has 0 saturated carbocycles. The Bertz CT molecular complexity index is 918. The minimum absolute atomic E-state index is 0.0778. The van der Waals surface area contributed by atoms with Gasteiger partial charge in [-0.1, -0.05) is 11.6 Å². The molecule has 0 heterocycles. The van der Waals surface area contributed by atoms with E-state index in [4.69, 9.17) is 16.7 Å². The maximum Gasteiger partial charge on any atom is 0.417 e. The van der Waals surface area contributed by atoms with Gasteiger partial charge in [0.15, 0.2) is 0 Å². The molecule has 0 bridgehead atoms. The van der Waals surface area contributed by atoms with Gasteiger partial charge >= 0.3 is 22.5 Å². The van der Waals surface area contributed by atoms with Crippen LogP contribution in [0, 0.1) is 0 Å². The summed E-state index contributed by atoms with van der Waals surface area (Å²) in [5.41, 5.74) is -0.968. The molecule has 0 fully saturated rings. The molecule has 2 aromatic carbocycles. The summed E-state index contributed by atoms with van der Waals surface area (Å²) in [6.07, 6.45) is -4.66. The van der Waals surface area contributed by atoms with Gasteiger partial charge in [-0.25, -0.2) is 4.79 Å². The molecule has 0 radical (unpaired) electrons. The molecule has 2 aromatic rings. The zero-order valence-electron chi connectivity index (χ0n) is 12.7. The van der Waals surface area contributed by atoms with Crippen LogP contribution in [0.25, 0.3) is 0 Å². The Morgan fingerprint density at radius 3 is 2.12 bits per heavy atom. The number of halogens is 4. The minimum Gasteiger partial charge on any atom is -0.371 e. The normalized spacial score (nSPS) is 11.7. The van der Waals surface area contributed by atoms with Crippen LogP contribution in [0.5, 0.6) is 5.75 Å². The molecular weight excluding hydrogens is 399 g/mol. The van der Waals surface area contributed by atoms with Crippen LogP contribution in [0.3, 0.4) is 0 Å². The van der Waals surface area contributed by atoms with Gasteiger partial charge < -0.3 is 14.8 Å². The lowest BCUT2D eigenvalue weighted by molar-refractivity contribution is -0.137. The number of carbonyl (C=O) groups is 1. The van der Waals surface area contributed by atoms with Crippen molar-refractivity contribution in [2.45, 2.75) is 6.18 Å². The summed E-state index contributed by atoms with van der Waals surface area (Å²) in [6, 6.07) is 7.17. The zero-order valence-corrected chi connectivity index (χ0v) is 14.2. The molecule has 2 amide bonds. The van der Waals surface area contributed by atoms with E-state index in [0.717, 1.165) is 6.07 Å². The molecule has 0 aromatic heterocycles. The first-order valence-corrected chi connectivity index (χ1v) is 8.56.